The van der Waals surface area contributed by atoms with Crippen LogP contribution in [-0.2, 0) is 9.53 Å². The van der Waals surface area contributed by atoms with E-state index < -0.39 is 0 Å². The number of amides is 1. The topological polar surface area (TPSA) is 55.6 Å². The molecule has 2 saturated heterocycles. The Morgan fingerprint density at radius 3 is 3.12 bits per heavy atom. The van der Waals surface area contributed by atoms with Gasteiger partial charge < -0.3 is 15.4 Å². The Balaban J connectivity index is 1.91. The van der Waals surface area contributed by atoms with Gasteiger partial charge in [-0.2, -0.15) is 11.8 Å². The summed E-state index contributed by atoms with van der Waals surface area (Å²) < 4.78 is 5.23. The van der Waals surface area contributed by atoms with Gasteiger partial charge in [-0.15, -0.1) is 0 Å². The van der Waals surface area contributed by atoms with Crippen molar-refractivity contribution in [2.24, 2.45) is 11.7 Å². The normalized spacial score (nSPS) is 31.8. The Morgan fingerprint density at radius 2 is 2.44 bits per heavy atom. The lowest BCUT2D eigenvalue weighted by Gasteiger charge is -2.37. The molecule has 0 radical (unpaired) electrons. The minimum Gasteiger partial charge on any atom is -0.369 e. The maximum atomic E-state index is 11.8. The number of hydrogen-bond donors (Lipinski definition) is 1. The average Bonchev–Trinajstić information content (AvgIpc) is 2.33. The summed E-state index contributed by atoms with van der Waals surface area (Å²) >= 11 is 2.00. The lowest BCUT2D eigenvalue weighted by molar-refractivity contribution is -0.148. The molecule has 0 aromatic rings. The van der Waals surface area contributed by atoms with Gasteiger partial charge in [-0.3, -0.25) is 4.79 Å². The van der Waals surface area contributed by atoms with Crippen molar-refractivity contribution in [1.29, 1.82) is 0 Å². The zero-order chi connectivity index (χ0) is 11.4. The zero-order valence-electron chi connectivity index (χ0n) is 9.56. The van der Waals surface area contributed by atoms with E-state index in [2.05, 4.69) is 0 Å². The fourth-order valence-corrected chi connectivity index (χ4v) is 3.48. The molecule has 2 N–H and O–H groups in total. The summed E-state index contributed by atoms with van der Waals surface area (Å²) in [5.41, 5.74) is 5.68. The molecule has 2 rings (SSSR count). The van der Waals surface area contributed by atoms with E-state index in [0.29, 0.717) is 19.1 Å². The standard InChI is InChI=1S/C11H20N2O2S/c12-4-10-6-15-7-11(14)13(10)5-9-2-1-3-16-8-9/h9-10H,1-8,12H2. The van der Waals surface area contributed by atoms with Gasteiger partial charge in [-0.05, 0) is 30.3 Å². The van der Waals surface area contributed by atoms with Gasteiger partial charge in [0.1, 0.15) is 6.61 Å². The first kappa shape index (κ1) is 12.2. The van der Waals surface area contributed by atoms with Crippen molar-refractivity contribution in [2.75, 3.05) is 37.8 Å². The van der Waals surface area contributed by atoms with Crippen LogP contribution in [0.4, 0.5) is 0 Å². The molecule has 2 unspecified atom stereocenters. The van der Waals surface area contributed by atoms with Gasteiger partial charge in [0.05, 0.1) is 12.6 Å². The van der Waals surface area contributed by atoms with Crippen LogP contribution in [0.25, 0.3) is 0 Å². The third-order valence-corrected chi connectivity index (χ3v) is 4.56. The highest BCUT2D eigenvalue weighted by atomic mass is 32.2. The fourth-order valence-electron chi connectivity index (χ4n) is 2.33. The Kier molecular flexibility index (Phi) is 4.49. The van der Waals surface area contributed by atoms with Gasteiger partial charge in [-0.1, -0.05) is 0 Å². The van der Waals surface area contributed by atoms with E-state index in [9.17, 15) is 4.79 Å². The third kappa shape index (κ3) is 2.90. The predicted molar refractivity (Wildman–Crippen MR) is 65.4 cm³/mol. The van der Waals surface area contributed by atoms with E-state index in [1.165, 1.54) is 24.3 Å². The first-order valence-corrected chi connectivity index (χ1v) is 7.11. The summed E-state index contributed by atoms with van der Waals surface area (Å²) in [6.45, 7) is 2.21. The minimum absolute atomic E-state index is 0.0909. The first-order valence-electron chi connectivity index (χ1n) is 5.96. The molecule has 1 amide bonds. The monoisotopic (exact) mass is 244 g/mol. The Labute approximate surface area is 101 Å². The average molecular weight is 244 g/mol. The number of carbonyl (C=O) groups excluding carboxylic acids is 1. The maximum absolute atomic E-state index is 11.8. The molecule has 0 aliphatic carbocycles. The molecule has 16 heavy (non-hydrogen) atoms. The second kappa shape index (κ2) is 5.89. The van der Waals surface area contributed by atoms with Crippen LogP contribution in [0.3, 0.4) is 0 Å². The van der Waals surface area contributed by atoms with Crippen molar-refractivity contribution in [3.63, 3.8) is 0 Å². The maximum Gasteiger partial charge on any atom is 0.248 e. The van der Waals surface area contributed by atoms with E-state index in [1.54, 1.807) is 0 Å². The minimum atomic E-state index is 0.0909. The molecule has 0 bridgehead atoms. The number of ether oxygens (including phenoxy) is 1. The molecule has 0 aromatic heterocycles. The van der Waals surface area contributed by atoms with Crippen LogP contribution < -0.4 is 5.73 Å². The van der Waals surface area contributed by atoms with Crippen LogP contribution in [0.2, 0.25) is 0 Å². The summed E-state index contributed by atoms with van der Waals surface area (Å²) in [5.74, 6) is 3.21. The summed E-state index contributed by atoms with van der Waals surface area (Å²) in [5, 5.41) is 0. The van der Waals surface area contributed by atoms with Crippen molar-refractivity contribution in [2.45, 2.75) is 18.9 Å². The van der Waals surface area contributed by atoms with Crippen LogP contribution in [0, 0.1) is 5.92 Å². The van der Waals surface area contributed by atoms with Gasteiger partial charge in [0.25, 0.3) is 0 Å². The molecule has 0 saturated carbocycles. The van der Waals surface area contributed by atoms with Crippen molar-refractivity contribution >= 4 is 17.7 Å². The molecule has 92 valence electrons. The van der Waals surface area contributed by atoms with Gasteiger partial charge >= 0.3 is 0 Å². The highest BCUT2D eigenvalue weighted by molar-refractivity contribution is 7.99. The number of carbonyl (C=O) groups is 1. The summed E-state index contributed by atoms with van der Waals surface area (Å²) in [7, 11) is 0. The predicted octanol–water partition coefficient (Wildman–Crippen LogP) is 0.316. The van der Waals surface area contributed by atoms with Crippen LogP contribution in [0.1, 0.15) is 12.8 Å². The zero-order valence-corrected chi connectivity index (χ0v) is 10.4. The number of rotatable bonds is 3. The molecule has 2 aliphatic heterocycles. The molecule has 0 aromatic carbocycles. The Hall–Kier alpha value is -0.260. The van der Waals surface area contributed by atoms with E-state index in [1.807, 2.05) is 16.7 Å². The van der Waals surface area contributed by atoms with Gasteiger partial charge in [0.2, 0.25) is 5.91 Å². The van der Waals surface area contributed by atoms with Crippen LogP contribution in [0.15, 0.2) is 0 Å². The summed E-state index contributed by atoms with van der Waals surface area (Å²) in [4.78, 5) is 13.7. The molecule has 2 atom stereocenters. The summed E-state index contributed by atoms with van der Waals surface area (Å²) in [6, 6.07) is 0.0909. The van der Waals surface area contributed by atoms with E-state index in [0.717, 1.165) is 6.54 Å². The van der Waals surface area contributed by atoms with Crippen LogP contribution in [-0.4, -0.2) is 54.7 Å². The van der Waals surface area contributed by atoms with Crippen molar-refractivity contribution in [3.8, 4) is 0 Å². The van der Waals surface area contributed by atoms with Crippen LogP contribution >= 0.6 is 11.8 Å². The van der Waals surface area contributed by atoms with Gasteiger partial charge in [-0.25, -0.2) is 0 Å². The Bertz CT molecular complexity index is 244. The van der Waals surface area contributed by atoms with E-state index in [-0.39, 0.29) is 18.6 Å². The SMILES string of the molecule is NCC1COCC(=O)N1CC1CCCSC1. The van der Waals surface area contributed by atoms with Crippen molar-refractivity contribution in [1.82, 2.24) is 4.90 Å². The second-order valence-electron chi connectivity index (χ2n) is 4.53. The molecule has 4 nitrogen and oxygen atoms in total. The van der Waals surface area contributed by atoms with Crippen LogP contribution in [0.5, 0.6) is 0 Å². The highest BCUT2D eigenvalue weighted by Crippen LogP contribution is 2.24. The largest absolute Gasteiger partial charge is 0.369 e. The molecular weight excluding hydrogens is 224 g/mol. The van der Waals surface area contributed by atoms with Crippen molar-refractivity contribution in [3.05, 3.63) is 0 Å². The van der Waals surface area contributed by atoms with E-state index in [4.69, 9.17) is 10.5 Å². The fraction of sp³-hybridized carbons (Fsp3) is 0.909. The van der Waals surface area contributed by atoms with Gasteiger partial charge in [0.15, 0.2) is 0 Å². The molecule has 2 fully saturated rings. The quantitative estimate of drug-likeness (QED) is 0.776. The number of nitrogens with two attached hydrogens (primary N) is 1. The first-order chi connectivity index (χ1) is 7.81. The molecular formula is C11H20N2O2S. The smallest absolute Gasteiger partial charge is 0.248 e. The number of thioether (sulfide) groups is 1. The molecule has 0 spiro atoms. The lowest BCUT2D eigenvalue weighted by atomic mass is 10.0. The molecule has 2 aliphatic rings. The van der Waals surface area contributed by atoms with Gasteiger partial charge in [0, 0.05) is 13.1 Å². The molecule has 5 heteroatoms. The summed E-state index contributed by atoms with van der Waals surface area (Å²) in [6.07, 6.45) is 2.52. The third-order valence-electron chi connectivity index (χ3n) is 3.28. The van der Waals surface area contributed by atoms with Crippen molar-refractivity contribution < 1.29 is 9.53 Å². The Morgan fingerprint density at radius 1 is 1.56 bits per heavy atom. The lowest BCUT2D eigenvalue weighted by Crippen LogP contribution is -2.54. The number of morpholine rings is 1. The highest BCUT2D eigenvalue weighted by Gasteiger charge is 2.30. The number of hydrogen-bond acceptors (Lipinski definition) is 4. The number of nitrogens with zero attached hydrogens (tertiary/aromatic N) is 1. The molecule has 2 heterocycles. The second-order valence-corrected chi connectivity index (χ2v) is 5.68. The van der Waals surface area contributed by atoms with E-state index >= 15 is 0 Å².